The largest absolute Gasteiger partial charge is 0.158 e. The molecule has 0 heterocycles. The van der Waals surface area contributed by atoms with Crippen LogP contribution < -0.4 is 0 Å². The van der Waals surface area contributed by atoms with Gasteiger partial charge in [0.2, 0.25) is 0 Å². The third-order valence-corrected chi connectivity index (χ3v) is 5.41. The van der Waals surface area contributed by atoms with Crippen molar-refractivity contribution in [2.24, 2.45) is 0 Å². The summed E-state index contributed by atoms with van der Waals surface area (Å²) >= 11 is 1.90. The van der Waals surface area contributed by atoms with Gasteiger partial charge in [0.1, 0.15) is 0 Å². The molecule has 1 heteroatoms. The Kier molecular flexibility index (Phi) is 4.88. The number of thioether (sulfide) groups is 1. The average molecular weight is 294 g/mol. The molecule has 21 heavy (non-hydrogen) atoms. The number of rotatable bonds is 2. The molecule has 0 nitrogen and oxygen atoms in total. The van der Waals surface area contributed by atoms with Crippen LogP contribution >= 0.6 is 11.8 Å². The molecule has 0 aromatic heterocycles. The number of benzene rings is 1. The number of hydrogen-bond donors (Lipinski definition) is 0. The highest BCUT2D eigenvalue weighted by Crippen LogP contribution is 2.33. The third kappa shape index (κ3) is 3.83. The van der Waals surface area contributed by atoms with Gasteiger partial charge in [0.25, 0.3) is 0 Å². The van der Waals surface area contributed by atoms with Crippen LogP contribution in [0.1, 0.15) is 49.1 Å². The van der Waals surface area contributed by atoms with Gasteiger partial charge in [-0.2, -0.15) is 11.8 Å². The molecule has 0 radical (unpaired) electrons. The first-order valence-corrected chi connectivity index (χ1v) is 9.17. The van der Waals surface area contributed by atoms with E-state index in [1.807, 2.05) is 11.8 Å². The van der Waals surface area contributed by atoms with Crippen molar-refractivity contribution < 1.29 is 0 Å². The summed E-state index contributed by atoms with van der Waals surface area (Å²) in [6, 6.07) is 8.90. The van der Waals surface area contributed by atoms with Crippen LogP contribution in [-0.4, -0.2) is 11.5 Å². The van der Waals surface area contributed by atoms with Crippen LogP contribution in [0.25, 0.3) is 0 Å². The van der Waals surface area contributed by atoms with E-state index in [0.29, 0.717) is 5.25 Å². The predicted octanol–water partition coefficient (Wildman–Crippen LogP) is 5.31. The van der Waals surface area contributed by atoms with Gasteiger partial charge in [-0.05, 0) is 55.2 Å². The molecule has 0 aliphatic heterocycles. The molecule has 1 fully saturated rings. The van der Waals surface area contributed by atoms with Gasteiger partial charge in [0.15, 0.2) is 0 Å². The lowest BCUT2D eigenvalue weighted by atomic mass is 9.97. The van der Waals surface area contributed by atoms with Crippen molar-refractivity contribution in [3.05, 3.63) is 59.2 Å². The van der Waals surface area contributed by atoms with E-state index in [-0.39, 0.29) is 0 Å². The van der Waals surface area contributed by atoms with E-state index in [2.05, 4.69) is 60.6 Å². The standard InChI is InChI=1S/C20H22S/c1-21-20-14-10-17(11-15-20)7-6-16-8-12-19(13-9-16)18-4-2-3-5-18/h8-14,18,20H,2-5,15H2,1H3. The molecular formula is C20H22S. The first-order valence-electron chi connectivity index (χ1n) is 7.88. The van der Waals surface area contributed by atoms with Gasteiger partial charge >= 0.3 is 0 Å². The normalized spacial score (nSPS) is 21.8. The zero-order valence-corrected chi connectivity index (χ0v) is 13.5. The molecule has 1 aromatic rings. The van der Waals surface area contributed by atoms with Gasteiger partial charge in [-0.25, -0.2) is 0 Å². The summed E-state index contributed by atoms with van der Waals surface area (Å²) in [6.07, 6.45) is 15.4. The summed E-state index contributed by atoms with van der Waals surface area (Å²) in [7, 11) is 0. The van der Waals surface area contributed by atoms with Gasteiger partial charge in [-0.15, -0.1) is 0 Å². The van der Waals surface area contributed by atoms with Gasteiger partial charge in [0, 0.05) is 16.4 Å². The molecule has 1 saturated carbocycles. The van der Waals surface area contributed by atoms with E-state index in [4.69, 9.17) is 0 Å². The minimum absolute atomic E-state index is 0.626. The van der Waals surface area contributed by atoms with Crippen molar-refractivity contribution in [1.29, 1.82) is 0 Å². The fourth-order valence-electron chi connectivity index (χ4n) is 3.11. The van der Waals surface area contributed by atoms with Crippen molar-refractivity contribution in [1.82, 2.24) is 0 Å². The highest BCUT2D eigenvalue weighted by atomic mass is 32.2. The molecule has 1 aromatic carbocycles. The van der Waals surface area contributed by atoms with E-state index >= 15 is 0 Å². The second-order valence-corrected chi connectivity index (χ2v) is 6.96. The summed E-state index contributed by atoms with van der Waals surface area (Å²) in [5, 5.41) is 0.626. The Morgan fingerprint density at radius 1 is 1.05 bits per heavy atom. The average Bonchev–Trinajstić information content (AvgIpc) is 3.08. The molecule has 108 valence electrons. The van der Waals surface area contributed by atoms with E-state index in [9.17, 15) is 0 Å². The van der Waals surface area contributed by atoms with Crippen LogP contribution in [-0.2, 0) is 0 Å². The first-order chi connectivity index (χ1) is 10.3. The van der Waals surface area contributed by atoms with E-state index in [1.165, 1.54) is 31.2 Å². The fraction of sp³-hybridized carbons (Fsp3) is 0.400. The van der Waals surface area contributed by atoms with Gasteiger partial charge in [0.05, 0.1) is 0 Å². The number of hydrogen-bond acceptors (Lipinski definition) is 1. The van der Waals surface area contributed by atoms with Crippen LogP contribution in [0, 0.1) is 11.8 Å². The quantitative estimate of drug-likeness (QED) is 0.666. The van der Waals surface area contributed by atoms with Crippen LogP contribution in [0.3, 0.4) is 0 Å². The van der Waals surface area contributed by atoms with Crippen LogP contribution in [0.5, 0.6) is 0 Å². The topological polar surface area (TPSA) is 0 Å². The Bertz CT molecular complexity index is 589. The molecule has 0 amide bonds. The third-order valence-electron chi connectivity index (χ3n) is 4.45. The zero-order valence-electron chi connectivity index (χ0n) is 12.6. The predicted molar refractivity (Wildman–Crippen MR) is 93.7 cm³/mol. The summed E-state index contributed by atoms with van der Waals surface area (Å²) in [5.41, 5.74) is 3.77. The lowest BCUT2D eigenvalue weighted by Gasteiger charge is -2.10. The van der Waals surface area contributed by atoms with Crippen molar-refractivity contribution in [2.45, 2.75) is 43.3 Å². The van der Waals surface area contributed by atoms with Gasteiger partial charge in [-0.3, -0.25) is 0 Å². The first kappa shape index (κ1) is 14.5. The smallest absolute Gasteiger partial charge is 0.0262 e. The fourth-order valence-corrected chi connectivity index (χ4v) is 3.63. The van der Waals surface area contributed by atoms with Gasteiger partial charge in [-0.1, -0.05) is 49.0 Å². The summed E-state index contributed by atoms with van der Waals surface area (Å²) in [4.78, 5) is 0. The molecule has 1 unspecified atom stereocenters. The summed E-state index contributed by atoms with van der Waals surface area (Å²) in [5.74, 6) is 7.37. The molecular weight excluding hydrogens is 272 g/mol. The molecule has 2 aliphatic rings. The molecule has 3 rings (SSSR count). The molecule has 0 N–H and O–H groups in total. The summed E-state index contributed by atoms with van der Waals surface area (Å²) in [6.45, 7) is 0. The molecule has 0 bridgehead atoms. The zero-order chi connectivity index (χ0) is 14.5. The van der Waals surface area contributed by atoms with Crippen molar-refractivity contribution in [3.63, 3.8) is 0 Å². The molecule has 0 saturated heterocycles. The SMILES string of the molecule is CSC1C=CC(C#Cc2ccc(C3CCCC3)cc2)=CC1. The molecule has 0 spiro atoms. The maximum atomic E-state index is 3.29. The van der Waals surface area contributed by atoms with Crippen molar-refractivity contribution >= 4 is 11.8 Å². The van der Waals surface area contributed by atoms with Crippen LogP contribution in [0.2, 0.25) is 0 Å². The minimum Gasteiger partial charge on any atom is -0.158 e. The van der Waals surface area contributed by atoms with Crippen LogP contribution in [0.15, 0.2) is 48.1 Å². The highest BCUT2D eigenvalue weighted by Gasteiger charge is 2.16. The second kappa shape index (κ2) is 7.05. The maximum Gasteiger partial charge on any atom is 0.0262 e. The lowest BCUT2D eigenvalue weighted by molar-refractivity contribution is 0.723. The van der Waals surface area contributed by atoms with Crippen molar-refractivity contribution in [3.8, 4) is 11.8 Å². The van der Waals surface area contributed by atoms with E-state index in [1.54, 1.807) is 0 Å². The molecule has 1 atom stereocenters. The summed E-state index contributed by atoms with van der Waals surface area (Å²) < 4.78 is 0. The lowest BCUT2D eigenvalue weighted by Crippen LogP contribution is -1.99. The maximum absolute atomic E-state index is 3.29. The second-order valence-electron chi connectivity index (χ2n) is 5.88. The van der Waals surface area contributed by atoms with E-state index < -0.39 is 0 Å². The van der Waals surface area contributed by atoms with Crippen LogP contribution in [0.4, 0.5) is 0 Å². The Labute approximate surface area is 132 Å². The Morgan fingerprint density at radius 2 is 1.81 bits per heavy atom. The molecule has 2 aliphatic carbocycles. The number of allylic oxidation sites excluding steroid dienone is 3. The van der Waals surface area contributed by atoms with Gasteiger partial charge < -0.3 is 0 Å². The van der Waals surface area contributed by atoms with Crippen molar-refractivity contribution in [2.75, 3.05) is 6.26 Å². The van der Waals surface area contributed by atoms with E-state index in [0.717, 1.165) is 23.5 Å². The Hall–Kier alpha value is -1.39. The highest BCUT2D eigenvalue weighted by molar-refractivity contribution is 7.99. The monoisotopic (exact) mass is 294 g/mol. The Morgan fingerprint density at radius 3 is 2.43 bits per heavy atom. The minimum atomic E-state index is 0.626. The Balaban J connectivity index is 1.65.